The van der Waals surface area contributed by atoms with Gasteiger partial charge < -0.3 is 107 Å². The number of carbonyl (C=O) groups is 13. The Morgan fingerprint density at radius 2 is 0.850 bits per heavy atom. The molecule has 0 bridgehead atoms. The van der Waals surface area contributed by atoms with E-state index in [1.54, 1.807) is 103 Å². The molecule has 12 amide bonds. The number of hydrogen-bond donors (Lipinski definition) is 20. The van der Waals surface area contributed by atoms with Crippen molar-refractivity contribution in [3.63, 3.8) is 0 Å². The van der Waals surface area contributed by atoms with Crippen LogP contribution in [-0.2, 0) is 88.0 Å². The molecule has 0 saturated carbocycles. The number of fused-ring (bicyclic) bond motifs is 1. The summed E-state index contributed by atoms with van der Waals surface area (Å²) in [6.07, 6.45) is -2.96. The van der Waals surface area contributed by atoms with Gasteiger partial charge in [0, 0.05) is 59.3 Å². The molecular formula is C71H95ClN16O17S2. The van der Waals surface area contributed by atoms with E-state index in [0.717, 1.165) is 35.4 Å². The summed E-state index contributed by atoms with van der Waals surface area (Å²) in [6.45, 7) is 1.43. The molecular weight excluding hydrogens is 1450 g/mol. The lowest BCUT2D eigenvalue weighted by Crippen LogP contribution is -2.63. The Morgan fingerprint density at radius 3 is 1.33 bits per heavy atom. The quantitative estimate of drug-likeness (QED) is 0.0244. The second-order valence-corrected chi connectivity index (χ2v) is 28.7. The Balaban J connectivity index is 1.44. The number of nitrogens with one attached hydrogen (secondary N) is 12. The number of rotatable bonds is 22. The van der Waals surface area contributed by atoms with Gasteiger partial charge in [-0.05, 0) is 106 Å². The molecule has 1 saturated heterocycles. The van der Waals surface area contributed by atoms with Crippen LogP contribution in [0.3, 0.4) is 0 Å². The zero-order chi connectivity index (χ0) is 78.3. The van der Waals surface area contributed by atoms with E-state index in [1.165, 1.54) is 12.1 Å². The molecule has 580 valence electrons. The van der Waals surface area contributed by atoms with Crippen LogP contribution in [0.4, 0.5) is 0 Å². The molecule has 24 N–H and O–H groups in total. The van der Waals surface area contributed by atoms with E-state index in [0.29, 0.717) is 51.0 Å². The van der Waals surface area contributed by atoms with E-state index in [9.17, 15) is 68.4 Å². The van der Waals surface area contributed by atoms with Crippen molar-refractivity contribution in [1.82, 2.24) is 63.5 Å². The van der Waals surface area contributed by atoms with Crippen molar-refractivity contribution < 1.29 is 82.8 Å². The number of aromatic nitrogens is 1. The van der Waals surface area contributed by atoms with E-state index < -0.39 is 180 Å². The van der Waals surface area contributed by atoms with Gasteiger partial charge in [0.15, 0.2) is 0 Å². The standard InChI is InChI=1S/C71H95ClN16O17S2/c1-38(90)58-69(102)84-52(30-41-17-7-4-8-18-41)67(100)88-59(39(2)91)70(103)85-55(35-89)68(101)86-56(71(104)105)37-107-106-36-46(75)60(93)78-48(21-11-13-27-73)61(94)83-54(33-57(76)92)66(99)81-51(31-42-23-25-44(72)26-24-42)63(96)80-50(29-40-15-5-3-6-16-40)64(97)82-53(32-43-34-77-47-20-10-9-19-45(43)47)65(98)79-49(62(95)87-58)22-12-14-28-74/h3-10,15-20,23-26,34,38-39,46,48-56,58-59,77,89-91H,11-14,21-22,27-33,35-37,73-75H2,1-2H3,(H2,76,92)(H,78,93)(H,79,98)(H,80,96)(H,81,99)(H,82,97)(H,83,94)(H,84,102)(H,85,103)(H,86,101)(H,87,95)(H,88,100)(H,104,105)/t38-,39-,46+,48+,49+,50+,51?,52?,53?,54+,55?,56+,58+,59+/m1/s1. The van der Waals surface area contributed by atoms with Crippen molar-refractivity contribution in [2.45, 2.75) is 169 Å². The molecule has 2 heterocycles. The second kappa shape index (κ2) is 43.8. The number of para-hydroxylation sites is 1. The van der Waals surface area contributed by atoms with Gasteiger partial charge in [-0.3, -0.25) is 57.5 Å². The number of nitrogens with two attached hydrogens (primary N) is 4. The molecule has 14 atom stereocenters. The third-order valence-corrected chi connectivity index (χ3v) is 19.9. The van der Waals surface area contributed by atoms with E-state index in [4.69, 9.17) is 34.5 Å². The van der Waals surface area contributed by atoms with Crippen LogP contribution >= 0.6 is 33.2 Å². The number of aliphatic carboxylic acids is 1. The average molecular weight is 1540 g/mol. The molecule has 107 heavy (non-hydrogen) atoms. The predicted molar refractivity (Wildman–Crippen MR) is 399 cm³/mol. The lowest BCUT2D eigenvalue weighted by Gasteiger charge is -2.29. The number of amides is 12. The summed E-state index contributed by atoms with van der Waals surface area (Å²) >= 11 is 6.26. The first-order chi connectivity index (χ1) is 51.1. The van der Waals surface area contributed by atoms with Gasteiger partial charge >= 0.3 is 5.97 Å². The molecule has 1 aliphatic heterocycles. The van der Waals surface area contributed by atoms with Crippen molar-refractivity contribution in [1.29, 1.82) is 0 Å². The van der Waals surface area contributed by atoms with Gasteiger partial charge in [-0.15, -0.1) is 0 Å². The zero-order valence-corrected chi connectivity index (χ0v) is 61.4. The Morgan fingerprint density at radius 1 is 0.467 bits per heavy atom. The topological polar surface area (TPSA) is 555 Å². The zero-order valence-electron chi connectivity index (χ0n) is 59.0. The van der Waals surface area contributed by atoms with Crippen molar-refractivity contribution in [3.8, 4) is 0 Å². The lowest BCUT2D eigenvalue weighted by atomic mass is 10.00. The molecule has 6 rings (SSSR count). The Labute approximate surface area is 630 Å². The summed E-state index contributed by atoms with van der Waals surface area (Å²) in [5.41, 5.74) is 26.2. The van der Waals surface area contributed by atoms with Crippen LogP contribution in [0.1, 0.15) is 81.0 Å². The summed E-state index contributed by atoms with van der Waals surface area (Å²) in [7, 11) is 1.71. The minimum Gasteiger partial charge on any atom is -0.480 e. The maximum atomic E-state index is 15.3. The molecule has 1 aromatic heterocycles. The second-order valence-electron chi connectivity index (χ2n) is 25.7. The molecule has 4 aromatic carbocycles. The molecule has 0 aliphatic carbocycles. The van der Waals surface area contributed by atoms with Crippen LogP contribution in [0.2, 0.25) is 5.02 Å². The SMILES string of the molecule is C[C@@H](O)[C@@H]1NC(=O)C(Cc2ccccc2)NC(=O)[C@H]([C@@H](C)O)NC(=O)[C@H](CCCCN)NC(=O)C(Cc2c[nH]c3ccccc23)NC(=O)[C@H](Cc2ccccc2)NC(=O)C(Cc2ccc(Cl)cc2)NC(=O)[C@H](CC(N)=O)NC(=O)[C@H](CCCCN)NC(=O)[C@@H](N)CSSC[C@@H](C(=O)O)NC(=O)C(CO)NC1=O. The highest BCUT2D eigenvalue weighted by molar-refractivity contribution is 8.76. The summed E-state index contributed by atoms with van der Waals surface area (Å²) in [5, 5.41) is 71.3. The first kappa shape index (κ1) is 86.2. The van der Waals surface area contributed by atoms with Crippen molar-refractivity contribution in [3.05, 3.63) is 143 Å². The Kier molecular flexibility index (Phi) is 35.3. The van der Waals surface area contributed by atoms with Gasteiger partial charge in [0.05, 0.1) is 31.3 Å². The third kappa shape index (κ3) is 27.9. The average Bonchev–Trinajstić information content (AvgIpc) is 1.72. The molecule has 0 spiro atoms. The van der Waals surface area contributed by atoms with E-state index in [1.807, 2.05) is 0 Å². The Bertz CT molecular complexity index is 3850. The fourth-order valence-corrected chi connectivity index (χ4v) is 13.7. The number of halogens is 1. The maximum Gasteiger partial charge on any atom is 0.327 e. The number of unbranched alkanes of at least 4 members (excludes halogenated alkanes) is 2. The van der Waals surface area contributed by atoms with E-state index >= 15 is 14.4 Å². The van der Waals surface area contributed by atoms with Crippen LogP contribution in [0.15, 0.2) is 115 Å². The van der Waals surface area contributed by atoms with Gasteiger partial charge in [-0.2, -0.15) is 0 Å². The third-order valence-electron chi connectivity index (χ3n) is 17.2. The van der Waals surface area contributed by atoms with Gasteiger partial charge in [0.1, 0.15) is 66.5 Å². The first-order valence-corrected chi connectivity index (χ1v) is 37.6. The van der Waals surface area contributed by atoms with Crippen molar-refractivity contribution >= 4 is 121 Å². The normalized spacial score (nSPS) is 24.5. The van der Waals surface area contributed by atoms with Crippen molar-refractivity contribution in [2.24, 2.45) is 22.9 Å². The minimum atomic E-state index is -1.94. The van der Waals surface area contributed by atoms with Crippen LogP contribution in [-0.4, -0.2) is 218 Å². The highest BCUT2D eigenvalue weighted by Gasteiger charge is 2.39. The molecule has 1 fully saturated rings. The number of benzene rings is 4. The maximum absolute atomic E-state index is 15.3. The monoisotopic (exact) mass is 1540 g/mol. The van der Waals surface area contributed by atoms with Crippen LogP contribution in [0.5, 0.6) is 0 Å². The molecule has 0 radical (unpaired) electrons. The summed E-state index contributed by atoms with van der Waals surface area (Å²) in [5.74, 6) is -15.1. The van der Waals surface area contributed by atoms with Crippen LogP contribution < -0.4 is 81.4 Å². The molecule has 1 aliphatic rings. The number of aromatic amines is 1. The molecule has 4 unspecified atom stereocenters. The number of carboxylic acid groups (broad SMARTS) is 1. The smallest absolute Gasteiger partial charge is 0.327 e. The fraction of sp³-hybridized carbons (Fsp3) is 0.451. The molecule has 36 heteroatoms. The van der Waals surface area contributed by atoms with Crippen molar-refractivity contribution in [2.75, 3.05) is 31.2 Å². The van der Waals surface area contributed by atoms with Gasteiger partial charge in [-0.25, -0.2) is 4.79 Å². The number of primary amides is 1. The van der Waals surface area contributed by atoms with Gasteiger partial charge in [-0.1, -0.05) is 124 Å². The molecule has 5 aromatic rings. The number of hydrogen-bond acceptors (Lipinski definition) is 21. The van der Waals surface area contributed by atoms with Crippen LogP contribution in [0.25, 0.3) is 10.9 Å². The number of carboxylic acids is 1. The van der Waals surface area contributed by atoms with Crippen LogP contribution in [0, 0.1) is 0 Å². The number of aliphatic hydroxyl groups is 3. The highest BCUT2D eigenvalue weighted by atomic mass is 35.5. The minimum absolute atomic E-state index is 0.0847. The predicted octanol–water partition coefficient (Wildman–Crippen LogP) is -2.88. The summed E-state index contributed by atoms with van der Waals surface area (Å²) < 4.78 is 0. The van der Waals surface area contributed by atoms with Gasteiger partial charge in [0.25, 0.3) is 0 Å². The first-order valence-electron chi connectivity index (χ1n) is 34.7. The highest BCUT2D eigenvalue weighted by Crippen LogP contribution is 2.24. The summed E-state index contributed by atoms with van der Waals surface area (Å²) in [4.78, 5) is 188. The summed E-state index contributed by atoms with van der Waals surface area (Å²) in [6, 6.07) is 9.55. The molecule has 33 nitrogen and oxygen atoms in total. The Hall–Kier alpha value is -9.72. The number of H-pyrrole nitrogens is 1. The van der Waals surface area contributed by atoms with Gasteiger partial charge in [0.2, 0.25) is 70.9 Å². The largest absolute Gasteiger partial charge is 0.480 e. The number of aliphatic hydroxyl groups excluding tert-OH is 3. The van der Waals surface area contributed by atoms with E-state index in [-0.39, 0.29) is 70.2 Å². The lowest BCUT2D eigenvalue weighted by molar-refractivity contribution is -0.142. The van der Waals surface area contributed by atoms with E-state index in [2.05, 4.69) is 63.5 Å². The fourth-order valence-electron chi connectivity index (χ4n) is 11.3. The number of carbonyl (C=O) groups excluding carboxylic acids is 12.